The van der Waals surface area contributed by atoms with Crippen molar-refractivity contribution in [3.8, 4) is 0 Å². The molecule has 0 radical (unpaired) electrons. The Morgan fingerprint density at radius 2 is 1.81 bits per heavy atom. The van der Waals surface area contributed by atoms with E-state index in [9.17, 15) is 22.4 Å². The highest BCUT2D eigenvalue weighted by Crippen LogP contribution is 2.32. The van der Waals surface area contributed by atoms with Crippen molar-refractivity contribution in [2.45, 2.75) is 30.7 Å². The number of likely N-dealkylation sites (tertiary alicyclic amines) is 1. The molecule has 142 valence electrons. The van der Waals surface area contributed by atoms with Gasteiger partial charge in [0.2, 0.25) is 0 Å². The molecule has 0 aromatic heterocycles. The van der Waals surface area contributed by atoms with E-state index in [-0.39, 0.29) is 5.91 Å². The molecule has 2 amide bonds. The molecule has 1 unspecified atom stereocenters. The summed E-state index contributed by atoms with van der Waals surface area (Å²) in [7, 11) is -4.40. The van der Waals surface area contributed by atoms with Crippen LogP contribution < -0.4 is 4.72 Å². The Morgan fingerprint density at radius 1 is 1.15 bits per heavy atom. The van der Waals surface area contributed by atoms with Crippen molar-refractivity contribution < 1.29 is 22.4 Å². The number of halogens is 1. The maximum atomic E-state index is 13.9. The average molecular weight is 390 g/mol. The highest BCUT2D eigenvalue weighted by atomic mass is 32.2. The van der Waals surface area contributed by atoms with Gasteiger partial charge in [0.05, 0.1) is 0 Å². The third-order valence-electron chi connectivity index (χ3n) is 4.78. The van der Waals surface area contributed by atoms with Crippen molar-refractivity contribution in [3.05, 3.63) is 65.5 Å². The maximum Gasteiger partial charge on any atom is 0.267 e. The lowest BCUT2D eigenvalue weighted by Gasteiger charge is -2.48. The first-order valence-corrected chi connectivity index (χ1v) is 9.84. The lowest BCUT2D eigenvalue weighted by atomic mass is 9.85. The Kier molecular flexibility index (Phi) is 4.77. The predicted molar refractivity (Wildman–Crippen MR) is 97.0 cm³/mol. The van der Waals surface area contributed by atoms with Crippen molar-refractivity contribution in [3.63, 3.8) is 0 Å². The summed E-state index contributed by atoms with van der Waals surface area (Å²) in [6.45, 7) is 3.44. The second-order valence-electron chi connectivity index (χ2n) is 6.72. The van der Waals surface area contributed by atoms with E-state index < -0.39 is 32.2 Å². The van der Waals surface area contributed by atoms with Crippen LogP contribution in [0.3, 0.4) is 0 Å². The zero-order chi connectivity index (χ0) is 19.8. The topological polar surface area (TPSA) is 83.6 Å². The molecular formula is C19H19FN2O4S. The third-order valence-corrected chi connectivity index (χ3v) is 6.12. The first-order chi connectivity index (χ1) is 12.6. The van der Waals surface area contributed by atoms with E-state index in [1.807, 2.05) is 4.72 Å². The normalized spacial score (nSPS) is 19.3. The van der Waals surface area contributed by atoms with Crippen LogP contribution in [0.25, 0.3) is 0 Å². The molecule has 1 atom stereocenters. The minimum atomic E-state index is -4.40. The summed E-state index contributed by atoms with van der Waals surface area (Å²) < 4.78 is 40.8. The summed E-state index contributed by atoms with van der Waals surface area (Å²) in [6.07, 6.45) is 0.309. The molecule has 1 saturated heterocycles. The lowest BCUT2D eigenvalue weighted by Crippen LogP contribution is -2.67. The first-order valence-electron chi connectivity index (χ1n) is 8.35. The summed E-state index contributed by atoms with van der Waals surface area (Å²) in [5, 5.41) is 0. The Morgan fingerprint density at radius 3 is 2.41 bits per heavy atom. The Hall–Kier alpha value is -2.74. The summed E-state index contributed by atoms with van der Waals surface area (Å²) in [5.74, 6) is -2.17. The van der Waals surface area contributed by atoms with Crippen LogP contribution >= 0.6 is 0 Å². The largest absolute Gasteiger partial charge is 0.324 e. The van der Waals surface area contributed by atoms with Gasteiger partial charge >= 0.3 is 0 Å². The van der Waals surface area contributed by atoms with Crippen LogP contribution in [0.2, 0.25) is 0 Å². The van der Waals surface area contributed by atoms with E-state index in [0.717, 1.165) is 12.1 Å². The molecule has 1 aliphatic rings. The van der Waals surface area contributed by atoms with Gasteiger partial charge in [-0.15, -0.1) is 0 Å². The van der Waals surface area contributed by atoms with Crippen molar-refractivity contribution in [2.75, 3.05) is 6.54 Å². The van der Waals surface area contributed by atoms with Crippen molar-refractivity contribution in [2.24, 2.45) is 0 Å². The van der Waals surface area contributed by atoms with E-state index >= 15 is 0 Å². The molecule has 0 saturated carbocycles. The van der Waals surface area contributed by atoms with E-state index in [0.29, 0.717) is 24.1 Å². The van der Waals surface area contributed by atoms with Crippen molar-refractivity contribution in [1.82, 2.24) is 9.62 Å². The predicted octanol–water partition coefficient (Wildman–Crippen LogP) is 2.24. The molecule has 27 heavy (non-hydrogen) atoms. The lowest BCUT2D eigenvalue weighted by molar-refractivity contribution is -0.135. The van der Waals surface area contributed by atoms with Crippen LogP contribution in [0.5, 0.6) is 0 Å². The minimum absolute atomic E-state index is 0.309. The number of benzene rings is 2. The first kappa shape index (κ1) is 19.0. The molecule has 1 heterocycles. The number of hydrogen-bond donors (Lipinski definition) is 1. The zero-order valence-corrected chi connectivity index (χ0v) is 15.7. The zero-order valence-electron chi connectivity index (χ0n) is 14.9. The van der Waals surface area contributed by atoms with E-state index in [4.69, 9.17) is 0 Å². The number of carbonyl (C=O) groups excluding carboxylic acids is 2. The van der Waals surface area contributed by atoms with E-state index in [1.54, 1.807) is 37.3 Å². The molecule has 3 rings (SSSR count). The highest BCUT2D eigenvalue weighted by Gasteiger charge is 2.50. The summed E-state index contributed by atoms with van der Waals surface area (Å²) in [4.78, 5) is 26.0. The quantitative estimate of drug-likeness (QED) is 0.868. The number of nitrogens with zero attached hydrogens (tertiary/aromatic N) is 1. The van der Waals surface area contributed by atoms with Crippen LogP contribution in [0.4, 0.5) is 4.39 Å². The fourth-order valence-electron chi connectivity index (χ4n) is 2.96. The van der Waals surface area contributed by atoms with Gasteiger partial charge in [-0.3, -0.25) is 9.59 Å². The molecule has 1 fully saturated rings. The SMILES string of the molecule is Cc1ccc(F)c(S(=O)(=O)NC(=O)C2(C)CCN2C(=O)c2ccccc2)c1. The van der Waals surface area contributed by atoms with Crippen LogP contribution in [0, 0.1) is 12.7 Å². The van der Waals surface area contributed by atoms with E-state index in [1.165, 1.54) is 17.9 Å². The third kappa shape index (κ3) is 3.44. The molecule has 2 aromatic carbocycles. The molecule has 0 aliphatic carbocycles. The van der Waals surface area contributed by atoms with Gasteiger partial charge in [0.1, 0.15) is 16.3 Å². The Bertz CT molecular complexity index is 1010. The summed E-state index contributed by atoms with van der Waals surface area (Å²) in [6, 6.07) is 12.0. The monoisotopic (exact) mass is 390 g/mol. The fourth-order valence-corrected chi connectivity index (χ4v) is 4.20. The maximum absolute atomic E-state index is 13.9. The molecule has 0 bridgehead atoms. The average Bonchev–Trinajstić information content (AvgIpc) is 2.62. The van der Waals surface area contributed by atoms with Gasteiger partial charge in [-0.1, -0.05) is 24.3 Å². The van der Waals surface area contributed by atoms with Gasteiger partial charge in [0, 0.05) is 12.1 Å². The van der Waals surface area contributed by atoms with Gasteiger partial charge in [0.25, 0.3) is 21.8 Å². The number of hydrogen-bond acceptors (Lipinski definition) is 4. The molecule has 1 N–H and O–H groups in total. The fraction of sp³-hybridized carbons (Fsp3) is 0.263. The Labute approximate surface area is 157 Å². The minimum Gasteiger partial charge on any atom is -0.324 e. The molecule has 1 aliphatic heterocycles. The molecule has 2 aromatic rings. The molecule has 0 spiro atoms. The van der Waals surface area contributed by atoms with Crippen molar-refractivity contribution >= 4 is 21.8 Å². The summed E-state index contributed by atoms with van der Waals surface area (Å²) >= 11 is 0. The molecule has 6 nitrogen and oxygen atoms in total. The summed E-state index contributed by atoms with van der Waals surface area (Å²) in [5.41, 5.74) is -0.371. The number of aryl methyl sites for hydroxylation is 1. The van der Waals surface area contributed by atoms with Crippen LogP contribution in [0.15, 0.2) is 53.4 Å². The second-order valence-corrected chi connectivity index (χ2v) is 8.37. The smallest absolute Gasteiger partial charge is 0.267 e. The van der Waals surface area contributed by atoms with Crippen LogP contribution in [-0.4, -0.2) is 37.2 Å². The van der Waals surface area contributed by atoms with Crippen LogP contribution in [-0.2, 0) is 14.8 Å². The number of sulfonamides is 1. The van der Waals surface area contributed by atoms with E-state index in [2.05, 4.69) is 0 Å². The number of rotatable bonds is 4. The number of carbonyl (C=O) groups is 2. The van der Waals surface area contributed by atoms with Crippen LogP contribution in [0.1, 0.15) is 29.3 Å². The highest BCUT2D eigenvalue weighted by molar-refractivity contribution is 7.90. The van der Waals surface area contributed by atoms with Crippen molar-refractivity contribution in [1.29, 1.82) is 0 Å². The van der Waals surface area contributed by atoms with Gasteiger partial charge in [-0.2, -0.15) is 0 Å². The van der Waals surface area contributed by atoms with Gasteiger partial charge < -0.3 is 4.90 Å². The molecule has 8 heteroatoms. The number of nitrogens with one attached hydrogen (secondary N) is 1. The number of amides is 2. The molecular weight excluding hydrogens is 371 g/mol. The standard InChI is InChI=1S/C19H19FN2O4S/c1-13-8-9-15(20)16(12-13)27(25,26)21-18(24)19(2)10-11-22(19)17(23)14-6-4-3-5-7-14/h3-9,12H,10-11H2,1-2H3,(H,21,24). The van der Waals surface area contributed by atoms with Gasteiger partial charge in [-0.05, 0) is 50.1 Å². The second kappa shape index (κ2) is 6.77. The van der Waals surface area contributed by atoms with Gasteiger partial charge in [-0.25, -0.2) is 17.5 Å². The van der Waals surface area contributed by atoms with Gasteiger partial charge in [0.15, 0.2) is 0 Å². The Balaban J connectivity index is 1.83.